The minimum absolute atomic E-state index is 0.120. The Morgan fingerprint density at radius 3 is 2.39 bits per heavy atom. The molecule has 1 amide bonds. The summed E-state index contributed by atoms with van der Waals surface area (Å²) in [4.78, 5) is 24.1. The number of aryl methyl sites for hydroxylation is 1. The highest BCUT2D eigenvalue weighted by molar-refractivity contribution is 7.14. The molecule has 0 fully saturated rings. The SMILES string of the molecule is Cc1sc(C(=O)O)cc1C(=O)N[C@H](C)[C@@](C)(O)c1ccccc1. The Balaban J connectivity index is 2.18. The lowest BCUT2D eigenvalue weighted by atomic mass is 9.89. The van der Waals surface area contributed by atoms with Gasteiger partial charge in [0.25, 0.3) is 5.91 Å². The second-order valence-electron chi connectivity index (χ2n) is 5.59. The van der Waals surface area contributed by atoms with Crippen LogP contribution in [-0.4, -0.2) is 28.1 Å². The van der Waals surface area contributed by atoms with Crippen molar-refractivity contribution < 1.29 is 19.8 Å². The lowest BCUT2D eigenvalue weighted by Gasteiger charge is -2.31. The summed E-state index contributed by atoms with van der Waals surface area (Å²) >= 11 is 1.06. The predicted octanol–water partition coefficient (Wildman–Crippen LogP) is 2.78. The van der Waals surface area contributed by atoms with Crippen LogP contribution in [0, 0.1) is 6.92 Å². The van der Waals surface area contributed by atoms with Gasteiger partial charge in [0.15, 0.2) is 0 Å². The van der Waals surface area contributed by atoms with Crippen molar-refractivity contribution >= 4 is 23.2 Å². The third-order valence-electron chi connectivity index (χ3n) is 3.92. The zero-order valence-electron chi connectivity index (χ0n) is 13.2. The van der Waals surface area contributed by atoms with Gasteiger partial charge in [0, 0.05) is 4.88 Å². The number of aliphatic hydroxyl groups is 1. The Hall–Kier alpha value is -2.18. The van der Waals surface area contributed by atoms with Gasteiger partial charge >= 0.3 is 5.97 Å². The lowest BCUT2D eigenvalue weighted by Crippen LogP contribution is -2.47. The Bertz CT molecular complexity index is 721. The molecule has 1 heterocycles. The number of carbonyl (C=O) groups is 2. The van der Waals surface area contributed by atoms with Gasteiger partial charge < -0.3 is 15.5 Å². The number of carbonyl (C=O) groups excluding carboxylic acids is 1. The Morgan fingerprint density at radius 2 is 1.87 bits per heavy atom. The van der Waals surface area contributed by atoms with Gasteiger partial charge in [-0.2, -0.15) is 0 Å². The first kappa shape index (κ1) is 17.2. The first-order valence-electron chi connectivity index (χ1n) is 7.16. The number of rotatable bonds is 5. The molecule has 0 aliphatic carbocycles. The topological polar surface area (TPSA) is 86.6 Å². The van der Waals surface area contributed by atoms with E-state index in [4.69, 9.17) is 5.11 Å². The van der Waals surface area contributed by atoms with Crippen LogP contribution in [0.4, 0.5) is 0 Å². The summed E-state index contributed by atoms with van der Waals surface area (Å²) in [6.07, 6.45) is 0. The van der Waals surface area contributed by atoms with Crippen LogP contribution in [0.25, 0.3) is 0 Å². The van der Waals surface area contributed by atoms with Crippen molar-refractivity contribution in [2.24, 2.45) is 0 Å². The predicted molar refractivity (Wildman–Crippen MR) is 89.0 cm³/mol. The fourth-order valence-corrected chi connectivity index (χ4v) is 3.11. The van der Waals surface area contributed by atoms with E-state index < -0.39 is 23.5 Å². The van der Waals surface area contributed by atoms with Crippen LogP contribution >= 0.6 is 11.3 Å². The van der Waals surface area contributed by atoms with E-state index in [9.17, 15) is 14.7 Å². The molecular weight excluding hydrogens is 314 g/mol. The fraction of sp³-hybridized carbons (Fsp3) is 0.294. The molecule has 1 aromatic carbocycles. The second kappa shape index (κ2) is 6.52. The number of thiophene rings is 1. The minimum atomic E-state index is -1.24. The van der Waals surface area contributed by atoms with Gasteiger partial charge in [-0.05, 0) is 32.4 Å². The van der Waals surface area contributed by atoms with Crippen LogP contribution in [0.3, 0.4) is 0 Å². The highest BCUT2D eigenvalue weighted by Crippen LogP contribution is 2.26. The molecule has 0 aliphatic heterocycles. The average molecular weight is 333 g/mol. The number of hydrogen-bond acceptors (Lipinski definition) is 4. The smallest absolute Gasteiger partial charge is 0.345 e. The van der Waals surface area contributed by atoms with Gasteiger partial charge in [-0.3, -0.25) is 4.79 Å². The van der Waals surface area contributed by atoms with E-state index in [1.54, 1.807) is 32.9 Å². The third-order valence-corrected chi connectivity index (χ3v) is 4.96. The van der Waals surface area contributed by atoms with Gasteiger partial charge in [0.05, 0.1) is 11.6 Å². The van der Waals surface area contributed by atoms with Gasteiger partial charge in [0.2, 0.25) is 0 Å². The molecular formula is C17H19NO4S. The van der Waals surface area contributed by atoms with Gasteiger partial charge in [-0.25, -0.2) is 4.79 Å². The summed E-state index contributed by atoms with van der Waals surface area (Å²) in [5.41, 5.74) is -0.222. The van der Waals surface area contributed by atoms with Crippen molar-refractivity contribution in [3.8, 4) is 0 Å². The number of nitrogens with one attached hydrogen (secondary N) is 1. The molecule has 0 aliphatic rings. The number of carboxylic acids is 1. The maximum absolute atomic E-state index is 12.4. The first-order chi connectivity index (χ1) is 10.7. The Morgan fingerprint density at radius 1 is 1.26 bits per heavy atom. The van der Waals surface area contributed by atoms with Crippen LogP contribution < -0.4 is 5.32 Å². The normalized spacial score (nSPS) is 14.8. The van der Waals surface area contributed by atoms with Gasteiger partial charge in [0.1, 0.15) is 10.5 Å². The van der Waals surface area contributed by atoms with E-state index in [0.29, 0.717) is 16.0 Å². The van der Waals surface area contributed by atoms with Crippen molar-refractivity contribution in [1.29, 1.82) is 0 Å². The summed E-state index contributed by atoms with van der Waals surface area (Å²) in [5.74, 6) is -1.45. The molecule has 0 bridgehead atoms. The van der Waals surface area contributed by atoms with E-state index in [-0.39, 0.29) is 4.88 Å². The average Bonchev–Trinajstić information content (AvgIpc) is 2.90. The Labute approximate surface area is 138 Å². The number of amides is 1. The lowest BCUT2D eigenvalue weighted by molar-refractivity contribution is 0.0208. The van der Waals surface area contributed by atoms with Crippen LogP contribution in [0.1, 0.15) is 44.3 Å². The summed E-state index contributed by atoms with van der Waals surface area (Å²) in [5, 5.41) is 22.5. The van der Waals surface area contributed by atoms with Crippen molar-refractivity contribution in [1.82, 2.24) is 5.32 Å². The molecule has 0 spiro atoms. The van der Waals surface area contributed by atoms with Gasteiger partial charge in [-0.1, -0.05) is 30.3 Å². The van der Waals surface area contributed by atoms with Crippen LogP contribution in [0.5, 0.6) is 0 Å². The molecule has 5 nitrogen and oxygen atoms in total. The molecule has 1 aromatic heterocycles. The maximum atomic E-state index is 12.4. The van der Waals surface area contributed by atoms with E-state index in [2.05, 4.69) is 5.32 Å². The fourth-order valence-electron chi connectivity index (χ4n) is 2.25. The summed E-state index contributed by atoms with van der Waals surface area (Å²) < 4.78 is 0. The molecule has 23 heavy (non-hydrogen) atoms. The van der Waals surface area contributed by atoms with Crippen molar-refractivity contribution in [3.63, 3.8) is 0 Å². The molecule has 2 rings (SSSR count). The van der Waals surface area contributed by atoms with Crippen molar-refractivity contribution in [2.75, 3.05) is 0 Å². The zero-order chi connectivity index (χ0) is 17.2. The van der Waals surface area contributed by atoms with E-state index >= 15 is 0 Å². The molecule has 0 radical (unpaired) electrons. The van der Waals surface area contributed by atoms with Crippen LogP contribution in [-0.2, 0) is 5.60 Å². The summed E-state index contributed by atoms with van der Waals surface area (Å²) in [6, 6.07) is 9.89. The van der Waals surface area contributed by atoms with Gasteiger partial charge in [-0.15, -0.1) is 11.3 Å². The molecule has 6 heteroatoms. The van der Waals surface area contributed by atoms with E-state index in [1.807, 2.05) is 18.2 Å². The quantitative estimate of drug-likeness (QED) is 0.785. The molecule has 3 N–H and O–H groups in total. The summed E-state index contributed by atoms with van der Waals surface area (Å²) in [6.45, 7) is 5.05. The highest BCUT2D eigenvalue weighted by Gasteiger charge is 2.32. The molecule has 2 aromatic rings. The largest absolute Gasteiger partial charge is 0.477 e. The number of hydrogen-bond donors (Lipinski definition) is 3. The van der Waals surface area contributed by atoms with Crippen molar-refractivity contribution in [3.05, 3.63) is 57.3 Å². The summed E-state index contributed by atoms with van der Waals surface area (Å²) in [7, 11) is 0. The molecule has 0 saturated carbocycles. The maximum Gasteiger partial charge on any atom is 0.345 e. The van der Waals surface area contributed by atoms with E-state index in [0.717, 1.165) is 11.3 Å². The highest BCUT2D eigenvalue weighted by atomic mass is 32.1. The third kappa shape index (κ3) is 3.60. The standard InChI is InChI=1S/C17H19NO4S/c1-10-13(9-14(23-10)16(20)21)15(19)18-11(2)17(3,22)12-7-5-4-6-8-12/h4-9,11,22H,1-3H3,(H,18,19)(H,20,21)/t11-,17-/m1/s1. The molecule has 122 valence electrons. The number of carboxylic acid groups (broad SMARTS) is 1. The Kier molecular flexibility index (Phi) is 4.87. The zero-order valence-corrected chi connectivity index (χ0v) is 14.0. The van der Waals surface area contributed by atoms with Crippen LogP contribution in [0.2, 0.25) is 0 Å². The number of benzene rings is 1. The van der Waals surface area contributed by atoms with Crippen LogP contribution in [0.15, 0.2) is 36.4 Å². The minimum Gasteiger partial charge on any atom is -0.477 e. The second-order valence-corrected chi connectivity index (χ2v) is 6.85. The van der Waals surface area contributed by atoms with Crippen molar-refractivity contribution in [2.45, 2.75) is 32.4 Å². The molecule has 2 atom stereocenters. The first-order valence-corrected chi connectivity index (χ1v) is 7.97. The monoisotopic (exact) mass is 333 g/mol. The van der Waals surface area contributed by atoms with E-state index in [1.165, 1.54) is 6.07 Å². The number of aromatic carboxylic acids is 1. The molecule has 0 saturated heterocycles. The molecule has 0 unspecified atom stereocenters.